The monoisotopic (exact) mass is 1670 g/mol. The second-order valence-electron chi connectivity index (χ2n) is 40.2. The van der Waals surface area contributed by atoms with E-state index in [2.05, 4.69) is 248 Å². The van der Waals surface area contributed by atoms with Crippen molar-refractivity contribution in [3.63, 3.8) is 0 Å². The quantitative estimate of drug-likeness (QED) is 0.0215. The Kier molecular flexibility index (Phi) is 44.0. The molecule has 115 heavy (non-hydrogen) atoms. The summed E-state index contributed by atoms with van der Waals surface area (Å²) in [5, 5.41) is 32.6. The Hall–Kier alpha value is -3.73. The number of ether oxygens (including phenoxy) is 2. The van der Waals surface area contributed by atoms with Crippen LogP contribution in [0.5, 0.6) is 0 Å². The van der Waals surface area contributed by atoms with Gasteiger partial charge in [-0.2, -0.15) is 0 Å². The lowest BCUT2D eigenvalue weighted by Gasteiger charge is -2.40. The minimum atomic E-state index is -2.10. The van der Waals surface area contributed by atoms with E-state index in [4.69, 9.17) is 27.2 Å². The maximum atomic E-state index is 15.9. The van der Waals surface area contributed by atoms with Gasteiger partial charge >= 0.3 is 11.9 Å². The predicted molar refractivity (Wildman–Crippen MR) is 490 cm³/mol. The van der Waals surface area contributed by atoms with Gasteiger partial charge in [-0.15, -0.1) is 0 Å². The van der Waals surface area contributed by atoms with Crippen LogP contribution in [0.3, 0.4) is 0 Å². The minimum Gasteiger partial charge on any atom is -0.469 e. The van der Waals surface area contributed by atoms with Gasteiger partial charge in [0.15, 0.2) is 33.3 Å². The average molecular weight is 1670 g/mol. The molecular weight excluding hydrogens is 1500 g/mol. The molecule has 15 atom stereocenters. The van der Waals surface area contributed by atoms with Crippen molar-refractivity contribution in [3.8, 4) is 0 Å². The van der Waals surface area contributed by atoms with Gasteiger partial charge in [0, 0.05) is 55.3 Å². The second-order valence-corrected chi connectivity index (χ2v) is 59.2. The molecule has 0 aromatic heterocycles. The molecule has 3 aliphatic rings. The molecule has 6 unspecified atom stereocenters. The van der Waals surface area contributed by atoms with Gasteiger partial charge in [0.05, 0.1) is 56.9 Å². The van der Waals surface area contributed by atoms with Gasteiger partial charge in [-0.1, -0.05) is 291 Å². The topological polar surface area (TPSA) is 150 Å². The Labute approximate surface area is 705 Å². The predicted octanol–water partition coefficient (Wildman–Crippen LogP) is 28.2. The zero-order chi connectivity index (χ0) is 86.3. The van der Waals surface area contributed by atoms with Gasteiger partial charge in [-0.3, -0.25) is 9.59 Å². The highest BCUT2D eigenvalue weighted by atomic mass is 28.4. The molecule has 3 aliphatic carbocycles. The van der Waals surface area contributed by atoms with Crippen LogP contribution in [0.25, 0.3) is 0 Å². The molecule has 0 saturated heterocycles. The molecule has 3 aromatic carbocycles. The molecule has 0 spiro atoms. The summed E-state index contributed by atoms with van der Waals surface area (Å²) in [5.74, 6) is -0.635. The summed E-state index contributed by atoms with van der Waals surface area (Å²) < 4.78 is 67.9. The summed E-state index contributed by atoms with van der Waals surface area (Å²) in [6.07, 6.45) is 33.5. The van der Waals surface area contributed by atoms with Crippen LogP contribution in [0.15, 0.2) is 109 Å². The van der Waals surface area contributed by atoms with Crippen LogP contribution in [-0.4, -0.2) is 112 Å². The highest BCUT2D eigenvalue weighted by Gasteiger charge is 2.51. The maximum Gasteiger partial charge on any atom is 0.305 e. The average Bonchev–Trinajstić information content (AvgIpc) is 1.67. The minimum absolute atomic E-state index is 0.00672. The fraction of sp³-hybridized carbons (Fsp3) is 0.735. The highest BCUT2D eigenvalue weighted by molar-refractivity contribution is 6.75. The van der Waals surface area contributed by atoms with Gasteiger partial charge in [0.2, 0.25) is 0 Å². The lowest BCUT2D eigenvalue weighted by Crippen LogP contribution is -2.44. The van der Waals surface area contributed by atoms with E-state index in [9.17, 15) is 29.3 Å². The molecule has 0 bridgehead atoms. The number of allylic oxidation sites excluding steroid dienone is 6. The Morgan fingerprint density at radius 2 is 0.730 bits per heavy atom. The molecule has 17 heteroatoms. The van der Waals surface area contributed by atoms with E-state index < -0.39 is 63.9 Å². The van der Waals surface area contributed by atoms with E-state index in [0.29, 0.717) is 38.5 Å². The number of benzene rings is 3. The van der Waals surface area contributed by atoms with Gasteiger partial charge in [0.1, 0.15) is 12.3 Å². The van der Waals surface area contributed by atoms with Gasteiger partial charge < -0.3 is 42.5 Å². The third-order valence-corrected chi connectivity index (χ3v) is 45.1. The number of hydrogen-bond acceptors (Lipinski definition) is 11. The van der Waals surface area contributed by atoms with Crippen LogP contribution >= 0.6 is 0 Å². The summed E-state index contributed by atoms with van der Waals surface area (Å²) in [7, 11) is -5.20. The molecule has 11 nitrogen and oxygen atoms in total. The summed E-state index contributed by atoms with van der Waals surface area (Å²) in [6.45, 7) is 54.8. The number of alkyl halides is 2. The number of carbonyl (C=O) groups is 2. The van der Waals surface area contributed by atoms with Crippen molar-refractivity contribution in [2.45, 2.75) is 429 Å². The largest absolute Gasteiger partial charge is 0.469 e. The first-order chi connectivity index (χ1) is 53.8. The molecular formula is C98H168F2O11Si4. The lowest BCUT2D eigenvalue weighted by atomic mass is 9.84. The van der Waals surface area contributed by atoms with Crippen LogP contribution < -0.4 is 0 Å². The molecule has 0 aliphatic heterocycles. The van der Waals surface area contributed by atoms with Gasteiger partial charge in [-0.05, 0) is 189 Å². The third kappa shape index (κ3) is 32.9. The normalized spacial score (nSPS) is 23.5. The number of unbranched alkanes of at least 4 members (excludes halogenated alkanes) is 10. The van der Waals surface area contributed by atoms with Crippen molar-refractivity contribution in [1.82, 2.24) is 0 Å². The molecule has 3 aromatic rings. The van der Waals surface area contributed by atoms with Crippen LogP contribution in [0.2, 0.25) is 72.5 Å². The Morgan fingerprint density at radius 1 is 0.409 bits per heavy atom. The number of esters is 2. The summed E-state index contributed by atoms with van der Waals surface area (Å²) >= 11 is 0. The van der Waals surface area contributed by atoms with E-state index >= 15 is 4.39 Å². The van der Waals surface area contributed by atoms with E-state index in [-0.39, 0.29) is 98.4 Å². The van der Waals surface area contributed by atoms with Crippen LogP contribution in [0, 0.1) is 17.8 Å². The Morgan fingerprint density at radius 3 is 1.10 bits per heavy atom. The molecule has 656 valence electrons. The third-order valence-electron chi connectivity index (χ3n) is 27.1. The molecule has 0 amide bonds. The summed E-state index contributed by atoms with van der Waals surface area (Å²) in [6, 6.07) is 25.9. The van der Waals surface area contributed by atoms with E-state index in [1.54, 1.807) is 0 Å². The number of rotatable bonds is 43. The molecule has 3 N–H and O–H groups in total. The van der Waals surface area contributed by atoms with Crippen LogP contribution in [0.4, 0.5) is 8.78 Å². The van der Waals surface area contributed by atoms with Crippen molar-refractivity contribution in [2.75, 3.05) is 14.2 Å². The first-order valence-corrected chi connectivity index (χ1v) is 56.8. The standard InChI is InChI=1S/C37H65FO4Si2.C37H66O5Si2.C24H37FO2/c2*1-13-14-17-21-32(41-43(9,10)36(2,3)4)28-23-25-29(26-24-28)35-30(20-18-15-16-19-22-34(39)40-8)31(38)27-33(35)42-44(11,12)37(5,6)7;1-3-5-7-8-10-11-20-21(25)17-23(27)24(20)19-15-13-18(14-16-19)22(26)12-9-6-4-2/h15,18,23-26,30-33,35H,13-14,16-17,19-22,27H2,1-12H3;15,18,23-26,30-33,35,38H,13-14,16-17,19-22,27H2,1-12H3;8,10,13-16,20-24,26-27H,3-7,9,11-12,17H2,1-2H3/b2*18-15-;10-8-/t30?,31-,32?,33-,35-;30?,31-,32?,33+,35+;20?,21-,22?,23-,24-/m101/s1. The van der Waals surface area contributed by atoms with Crippen molar-refractivity contribution in [2.24, 2.45) is 17.8 Å². The van der Waals surface area contributed by atoms with Gasteiger partial charge in [0.25, 0.3) is 0 Å². The number of halogens is 2. The van der Waals surface area contributed by atoms with Crippen molar-refractivity contribution < 1.29 is 60.9 Å². The van der Waals surface area contributed by atoms with Crippen molar-refractivity contribution in [3.05, 3.63) is 143 Å². The molecule has 3 fully saturated rings. The van der Waals surface area contributed by atoms with Crippen LogP contribution in [-0.2, 0) is 36.8 Å². The first-order valence-electron chi connectivity index (χ1n) is 45.2. The molecule has 3 saturated carbocycles. The SMILES string of the molecule is CCCC/C=C\CC1[C@H](F)C[C@@H](O)[C@@H]1c1ccc(C(O)CCCCC)cc1.CCCCCC(O[Si](C)(C)C(C)(C)C)c1ccc([C@@H]2C(C/C=C\CCCC(=O)OC)[C@@H](O)C[C@H]2O[Si](C)(C)C(C)(C)C)cc1.CCCCCC(O[Si](C)(C)C(C)(C)C)c1ccc([C@@H]2C(C/C=C\CCCC(=O)OC)[C@H](F)C[C@H]2O[Si](C)(C)C(C)(C)C)cc1. The maximum absolute atomic E-state index is 15.9. The number of hydrogen-bond donors (Lipinski definition) is 3. The molecule has 6 rings (SSSR count). The molecule has 0 radical (unpaired) electrons. The van der Waals surface area contributed by atoms with E-state index in [1.807, 2.05) is 24.3 Å². The van der Waals surface area contributed by atoms with Crippen molar-refractivity contribution in [1.29, 1.82) is 0 Å². The fourth-order valence-corrected chi connectivity index (χ4v) is 20.9. The fourth-order valence-electron chi connectivity index (χ4n) is 15.6. The summed E-state index contributed by atoms with van der Waals surface area (Å²) in [5.41, 5.74) is 6.80. The Balaban J connectivity index is 0.000000374. The van der Waals surface area contributed by atoms with E-state index in [1.165, 1.54) is 68.6 Å². The summed E-state index contributed by atoms with van der Waals surface area (Å²) in [4.78, 5) is 22.9. The number of aliphatic hydroxyl groups excluding tert-OH is 3. The van der Waals surface area contributed by atoms with Crippen molar-refractivity contribution >= 4 is 45.2 Å². The van der Waals surface area contributed by atoms with E-state index in [0.717, 1.165) is 107 Å². The molecule has 0 heterocycles. The highest BCUT2D eigenvalue weighted by Crippen LogP contribution is 2.52. The smallest absolute Gasteiger partial charge is 0.305 e. The number of methoxy groups -OCH3 is 2. The second kappa shape index (κ2) is 48.8. The zero-order valence-electron chi connectivity index (χ0n) is 77.5. The Bertz CT molecular complexity index is 3140. The van der Waals surface area contributed by atoms with Crippen LogP contribution in [0.1, 0.15) is 354 Å². The number of aliphatic hydroxyl groups is 3. The number of carbonyl (C=O) groups excluding carboxylic acids is 2. The van der Waals surface area contributed by atoms with Gasteiger partial charge in [-0.25, -0.2) is 8.78 Å². The first kappa shape index (κ1) is 104. The zero-order valence-corrected chi connectivity index (χ0v) is 81.5. The lowest BCUT2D eigenvalue weighted by molar-refractivity contribution is -0.141.